The lowest BCUT2D eigenvalue weighted by Gasteiger charge is -2.12. The van der Waals surface area contributed by atoms with Gasteiger partial charge in [-0.3, -0.25) is 9.59 Å². The number of esters is 2. The zero-order valence-corrected chi connectivity index (χ0v) is 28.2. The second-order valence-corrected chi connectivity index (χ2v) is 11.8. The summed E-state index contributed by atoms with van der Waals surface area (Å²) in [5.74, 6) is 0.0216. The Morgan fingerprint density at radius 3 is 1.84 bits per heavy atom. The maximum Gasteiger partial charge on any atom is 0.305 e. The number of rotatable bonds is 28. The molecule has 256 valence electrons. The number of ether oxygens (including phenoxy) is 2. The molecule has 0 saturated heterocycles. The van der Waals surface area contributed by atoms with Crippen LogP contribution in [-0.4, -0.2) is 58.8 Å². The third-order valence-corrected chi connectivity index (χ3v) is 6.81. The van der Waals surface area contributed by atoms with Crippen LogP contribution in [0.1, 0.15) is 117 Å². The largest absolute Gasteiger partial charge is 0.463 e. The van der Waals surface area contributed by atoms with Gasteiger partial charge in [0.1, 0.15) is 19.3 Å². The summed E-state index contributed by atoms with van der Waals surface area (Å²) in [6.07, 6.45) is 33.3. The molecule has 3 N–H and O–H groups in total. The van der Waals surface area contributed by atoms with Crippen molar-refractivity contribution in [2.24, 2.45) is 5.92 Å². The van der Waals surface area contributed by atoms with Gasteiger partial charge in [0.2, 0.25) is 0 Å². The second kappa shape index (κ2) is 31.3. The van der Waals surface area contributed by atoms with Gasteiger partial charge < -0.3 is 24.8 Å². The molecule has 0 fully saturated rings. The summed E-state index contributed by atoms with van der Waals surface area (Å²) in [6, 6.07) is 0. The summed E-state index contributed by atoms with van der Waals surface area (Å²) in [7, 11) is 0. The van der Waals surface area contributed by atoms with Crippen molar-refractivity contribution in [3.8, 4) is 0 Å². The smallest absolute Gasteiger partial charge is 0.305 e. The molecule has 0 unspecified atom stereocenters. The van der Waals surface area contributed by atoms with Crippen molar-refractivity contribution in [2.45, 2.75) is 135 Å². The van der Waals surface area contributed by atoms with Gasteiger partial charge in [-0.15, -0.1) is 0 Å². The predicted octanol–water partition coefficient (Wildman–Crippen LogP) is 8.02. The molecule has 7 nitrogen and oxygen atoms in total. The number of carbonyl (C=O) groups is 2. The molecule has 0 amide bonds. The number of aliphatic hydroxyl groups excluding tert-OH is 3. The molecule has 0 rings (SSSR count). The van der Waals surface area contributed by atoms with Gasteiger partial charge in [0, 0.05) is 12.8 Å². The number of allylic oxidation sites excluding steroid dienone is 8. The van der Waals surface area contributed by atoms with Gasteiger partial charge in [-0.05, 0) is 44.4 Å². The van der Waals surface area contributed by atoms with Crippen LogP contribution in [0.2, 0.25) is 0 Å². The van der Waals surface area contributed by atoms with E-state index in [9.17, 15) is 24.9 Å². The normalized spacial score (nSPS) is 14.6. The first-order valence-electron chi connectivity index (χ1n) is 17.1. The molecule has 3 atom stereocenters. The van der Waals surface area contributed by atoms with E-state index < -0.39 is 24.3 Å². The van der Waals surface area contributed by atoms with Crippen molar-refractivity contribution in [3.63, 3.8) is 0 Å². The van der Waals surface area contributed by atoms with Gasteiger partial charge in [0.05, 0.1) is 12.2 Å². The van der Waals surface area contributed by atoms with Crippen LogP contribution in [0, 0.1) is 5.92 Å². The van der Waals surface area contributed by atoms with Crippen molar-refractivity contribution in [2.75, 3.05) is 13.2 Å². The SMILES string of the molecule is CC/C=C\C[C@@H](O)/C=C/C=C\C/C=C\C=C\[C@@H](O)/C=C\CCCC(=O)OC[C@@H](O)COC(=O)CCCCCCCCCC(C)C. The Morgan fingerprint density at radius 2 is 1.22 bits per heavy atom. The molecule has 7 heteroatoms. The van der Waals surface area contributed by atoms with Crippen LogP contribution in [0.25, 0.3) is 0 Å². The van der Waals surface area contributed by atoms with E-state index >= 15 is 0 Å². The average Bonchev–Trinajstić information content (AvgIpc) is 3.00. The van der Waals surface area contributed by atoms with Crippen molar-refractivity contribution < 1.29 is 34.4 Å². The first-order chi connectivity index (χ1) is 21.7. The maximum absolute atomic E-state index is 11.9. The van der Waals surface area contributed by atoms with E-state index in [1.807, 2.05) is 48.6 Å². The van der Waals surface area contributed by atoms with E-state index in [4.69, 9.17) is 9.47 Å². The molecule has 0 aliphatic heterocycles. The topological polar surface area (TPSA) is 113 Å². The first-order valence-corrected chi connectivity index (χ1v) is 17.1. The predicted molar refractivity (Wildman–Crippen MR) is 185 cm³/mol. The van der Waals surface area contributed by atoms with Gasteiger partial charge in [0.25, 0.3) is 0 Å². The van der Waals surface area contributed by atoms with Crippen molar-refractivity contribution in [3.05, 3.63) is 72.9 Å². The Morgan fingerprint density at radius 1 is 0.644 bits per heavy atom. The van der Waals surface area contributed by atoms with Crippen LogP contribution < -0.4 is 0 Å². The minimum Gasteiger partial charge on any atom is -0.463 e. The molecular weight excluding hydrogens is 568 g/mol. The van der Waals surface area contributed by atoms with E-state index in [2.05, 4.69) is 20.8 Å². The summed E-state index contributed by atoms with van der Waals surface area (Å²) < 4.78 is 10.2. The van der Waals surface area contributed by atoms with Crippen molar-refractivity contribution in [1.29, 1.82) is 0 Å². The maximum atomic E-state index is 11.9. The molecule has 0 heterocycles. The Kier molecular flexibility index (Phi) is 29.3. The quantitative estimate of drug-likeness (QED) is 0.0347. The number of aliphatic hydroxyl groups is 3. The molecule has 0 radical (unpaired) electrons. The monoisotopic (exact) mass is 630 g/mol. The highest BCUT2D eigenvalue weighted by Crippen LogP contribution is 2.13. The minimum atomic E-state index is -1.04. The van der Waals surface area contributed by atoms with Gasteiger partial charge in [-0.25, -0.2) is 0 Å². The summed E-state index contributed by atoms with van der Waals surface area (Å²) in [4.78, 5) is 23.8. The minimum absolute atomic E-state index is 0.179. The van der Waals surface area contributed by atoms with Crippen LogP contribution in [0.3, 0.4) is 0 Å². The lowest BCUT2D eigenvalue weighted by Crippen LogP contribution is -2.25. The molecule has 45 heavy (non-hydrogen) atoms. The molecule has 0 saturated carbocycles. The van der Waals surface area contributed by atoms with E-state index in [1.54, 1.807) is 24.3 Å². The molecule has 0 aromatic carbocycles. The Labute approximate surface area is 273 Å². The number of hydrogen-bond donors (Lipinski definition) is 3. The Hall–Kier alpha value is -2.74. The summed E-state index contributed by atoms with van der Waals surface area (Å²) >= 11 is 0. The van der Waals surface area contributed by atoms with Crippen molar-refractivity contribution in [1.82, 2.24) is 0 Å². The van der Waals surface area contributed by atoms with Crippen LogP contribution in [0.4, 0.5) is 0 Å². The van der Waals surface area contributed by atoms with Crippen molar-refractivity contribution >= 4 is 11.9 Å². The van der Waals surface area contributed by atoms with Crippen LogP contribution >= 0.6 is 0 Å². The lowest BCUT2D eigenvalue weighted by atomic mass is 10.0. The van der Waals surface area contributed by atoms with E-state index in [-0.39, 0.29) is 25.6 Å². The highest BCUT2D eigenvalue weighted by molar-refractivity contribution is 5.69. The lowest BCUT2D eigenvalue weighted by molar-refractivity contribution is -0.152. The zero-order chi connectivity index (χ0) is 33.4. The summed E-state index contributed by atoms with van der Waals surface area (Å²) in [5, 5.41) is 29.7. The molecule has 0 bridgehead atoms. The first kappa shape index (κ1) is 42.3. The van der Waals surface area contributed by atoms with Gasteiger partial charge in [-0.1, -0.05) is 139 Å². The molecule has 0 aliphatic rings. The standard InChI is InChI=1S/C38H62O7/c1-4-5-17-25-34(39)26-19-13-9-7-10-14-20-27-35(40)28-21-16-23-30-38(43)45-32-36(41)31-44-37(42)29-22-15-11-6-8-12-18-24-33(2)3/h5,9-10,13-14,17,19-21,26-28,33-36,39-41H,4,6-8,11-12,15-16,18,22-25,29-32H2,1-3H3/b13-9-,14-10-,17-5-,26-19+,27-20+,28-21-/t34-,35-,36+/m1/s1. The number of hydrogen-bond acceptors (Lipinski definition) is 7. The fraction of sp³-hybridized carbons (Fsp3) is 0.632. The zero-order valence-electron chi connectivity index (χ0n) is 28.2. The number of unbranched alkanes of at least 4 members (excludes halogenated alkanes) is 7. The van der Waals surface area contributed by atoms with E-state index in [0.717, 1.165) is 38.0 Å². The Bertz CT molecular complexity index is 898. The van der Waals surface area contributed by atoms with Gasteiger partial charge in [0.15, 0.2) is 0 Å². The fourth-order valence-electron chi connectivity index (χ4n) is 4.18. The number of carbonyl (C=O) groups excluding carboxylic acids is 2. The van der Waals surface area contributed by atoms with E-state index in [1.165, 1.54) is 32.1 Å². The summed E-state index contributed by atoms with van der Waals surface area (Å²) in [5.41, 5.74) is 0. The molecule has 0 aromatic heterocycles. The Balaban J connectivity index is 3.81. The summed E-state index contributed by atoms with van der Waals surface area (Å²) in [6.45, 7) is 6.19. The van der Waals surface area contributed by atoms with Gasteiger partial charge in [-0.2, -0.15) is 0 Å². The average molecular weight is 631 g/mol. The van der Waals surface area contributed by atoms with Gasteiger partial charge >= 0.3 is 11.9 Å². The molecule has 0 aliphatic carbocycles. The second-order valence-electron chi connectivity index (χ2n) is 11.8. The molecule has 0 spiro atoms. The van der Waals surface area contributed by atoms with Crippen LogP contribution in [0.5, 0.6) is 0 Å². The van der Waals surface area contributed by atoms with Crippen LogP contribution in [0.15, 0.2) is 72.9 Å². The van der Waals surface area contributed by atoms with E-state index in [0.29, 0.717) is 25.7 Å². The van der Waals surface area contributed by atoms with Crippen LogP contribution in [-0.2, 0) is 19.1 Å². The third kappa shape index (κ3) is 32.5. The molecular formula is C38H62O7. The fourth-order valence-corrected chi connectivity index (χ4v) is 4.18. The third-order valence-electron chi connectivity index (χ3n) is 6.81. The highest BCUT2D eigenvalue weighted by atomic mass is 16.6. The highest BCUT2D eigenvalue weighted by Gasteiger charge is 2.12. The molecule has 0 aromatic rings.